The molecule has 1 fully saturated rings. The van der Waals surface area contributed by atoms with Crippen molar-refractivity contribution >= 4 is 23.4 Å². The Labute approximate surface area is 148 Å². The van der Waals surface area contributed by atoms with Gasteiger partial charge in [0.15, 0.2) is 11.6 Å². The molecule has 2 aromatic carbocycles. The van der Waals surface area contributed by atoms with Crippen molar-refractivity contribution < 1.29 is 18.3 Å². The Balaban J connectivity index is 1.85. The zero-order valence-corrected chi connectivity index (χ0v) is 14.3. The number of hydrogen-bond acceptors (Lipinski definition) is 3. The van der Waals surface area contributed by atoms with Crippen molar-refractivity contribution in [3.63, 3.8) is 0 Å². The van der Waals surface area contributed by atoms with Crippen LogP contribution in [0.15, 0.2) is 41.3 Å². The number of thioether (sulfide) groups is 1. The first-order valence-electron chi connectivity index (χ1n) is 7.77. The lowest BCUT2D eigenvalue weighted by Crippen LogP contribution is -2.49. The highest BCUT2D eigenvalue weighted by molar-refractivity contribution is 8.00. The molecule has 2 nitrogen and oxygen atoms in total. The number of ether oxygens (including phenoxy) is 2. The van der Waals surface area contributed by atoms with Crippen LogP contribution in [0.25, 0.3) is 0 Å². The summed E-state index contributed by atoms with van der Waals surface area (Å²) in [5, 5.41) is 0.637. The second kappa shape index (κ2) is 6.21. The highest BCUT2D eigenvalue weighted by Gasteiger charge is 2.51. The first-order chi connectivity index (χ1) is 11.6. The third-order valence-corrected chi connectivity index (χ3v) is 6.30. The molecule has 0 aromatic heterocycles. The first kappa shape index (κ1) is 16.2. The smallest absolute Gasteiger partial charge is 0.165 e. The molecule has 126 valence electrons. The summed E-state index contributed by atoms with van der Waals surface area (Å²) < 4.78 is 39.6. The summed E-state index contributed by atoms with van der Waals surface area (Å²) in [5.41, 5.74) is 0.276. The second-order valence-electron chi connectivity index (χ2n) is 5.95. The van der Waals surface area contributed by atoms with E-state index in [0.717, 1.165) is 17.4 Å². The Kier molecular flexibility index (Phi) is 4.19. The number of hydrogen-bond donors (Lipinski definition) is 0. The molecule has 6 heteroatoms. The van der Waals surface area contributed by atoms with Crippen molar-refractivity contribution in [1.82, 2.24) is 0 Å². The van der Waals surface area contributed by atoms with E-state index in [0.29, 0.717) is 18.1 Å². The van der Waals surface area contributed by atoms with E-state index in [9.17, 15) is 8.78 Å². The molecule has 0 amide bonds. The summed E-state index contributed by atoms with van der Waals surface area (Å²) in [5.74, 6) is -0.979. The Morgan fingerprint density at radius 3 is 2.62 bits per heavy atom. The van der Waals surface area contributed by atoms with Crippen molar-refractivity contribution in [3.8, 4) is 5.75 Å². The molecule has 2 aliphatic heterocycles. The monoisotopic (exact) mass is 368 g/mol. The summed E-state index contributed by atoms with van der Waals surface area (Å²) >= 11 is 7.45. The topological polar surface area (TPSA) is 18.5 Å². The van der Waals surface area contributed by atoms with Crippen molar-refractivity contribution in [2.45, 2.75) is 28.6 Å². The standard InChI is InChI=1S/C18H15ClF2O2S/c19-11-2-4-12(5-3-11)24-18-8-1-9-22-15(18)10-23-17-14(21)7-6-13(20)16(17)18/h2-7,15H,1,8-10H2/t15-,18+/m1/s1. The zero-order chi connectivity index (χ0) is 16.7. The van der Waals surface area contributed by atoms with Gasteiger partial charge in [0.2, 0.25) is 0 Å². The molecule has 2 aliphatic rings. The molecule has 0 bridgehead atoms. The molecular weight excluding hydrogens is 354 g/mol. The van der Waals surface area contributed by atoms with Crippen LogP contribution < -0.4 is 4.74 Å². The van der Waals surface area contributed by atoms with Crippen LogP contribution in [-0.2, 0) is 9.48 Å². The minimum Gasteiger partial charge on any atom is -0.487 e. The molecule has 2 atom stereocenters. The number of benzene rings is 2. The van der Waals surface area contributed by atoms with Gasteiger partial charge >= 0.3 is 0 Å². The van der Waals surface area contributed by atoms with E-state index in [1.54, 1.807) is 12.1 Å². The fourth-order valence-corrected chi connectivity index (χ4v) is 5.06. The zero-order valence-electron chi connectivity index (χ0n) is 12.7. The van der Waals surface area contributed by atoms with Gasteiger partial charge in [-0.15, -0.1) is 11.8 Å². The second-order valence-corrected chi connectivity index (χ2v) is 7.79. The molecule has 1 saturated heterocycles. The normalized spacial score (nSPS) is 25.5. The quantitative estimate of drug-likeness (QED) is 0.728. The molecule has 0 saturated carbocycles. The molecule has 0 N–H and O–H groups in total. The molecule has 0 radical (unpaired) electrons. The van der Waals surface area contributed by atoms with Crippen molar-refractivity contribution in [2.75, 3.05) is 13.2 Å². The molecule has 0 spiro atoms. The van der Waals surface area contributed by atoms with Gasteiger partial charge in [-0.25, -0.2) is 8.78 Å². The van der Waals surface area contributed by atoms with Gasteiger partial charge in [0.1, 0.15) is 18.5 Å². The summed E-state index contributed by atoms with van der Waals surface area (Å²) in [6.45, 7) is 0.817. The predicted molar refractivity (Wildman–Crippen MR) is 89.8 cm³/mol. The fraction of sp³-hybridized carbons (Fsp3) is 0.333. The highest BCUT2D eigenvalue weighted by Crippen LogP contribution is 2.56. The molecule has 2 heterocycles. The van der Waals surface area contributed by atoms with Gasteiger partial charge in [-0.05, 0) is 49.2 Å². The highest BCUT2D eigenvalue weighted by atomic mass is 35.5. The van der Waals surface area contributed by atoms with E-state index in [-0.39, 0.29) is 24.0 Å². The lowest BCUT2D eigenvalue weighted by Gasteiger charge is -2.47. The summed E-state index contributed by atoms with van der Waals surface area (Å²) in [7, 11) is 0. The maximum Gasteiger partial charge on any atom is 0.165 e. The third-order valence-electron chi connectivity index (χ3n) is 4.51. The number of rotatable bonds is 2. The van der Waals surface area contributed by atoms with E-state index >= 15 is 0 Å². The minimum absolute atomic E-state index is 0.0122. The van der Waals surface area contributed by atoms with Crippen LogP contribution in [0.3, 0.4) is 0 Å². The first-order valence-corrected chi connectivity index (χ1v) is 8.97. The van der Waals surface area contributed by atoms with Crippen LogP contribution in [0, 0.1) is 11.6 Å². The molecule has 0 unspecified atom stereocenters. The van der Waals surface area contributed by atoms with Crippen molar-refractivity contribution in [2.24, 2.45) is 0 Å². The predicted octanol–water partition coefficient (Wildman–Crippen LogP) is 5.18. The van der Waals surface area contributed by atoms with Crippen LogP contribution in [-0.4, -0.2) is 19.3 Å². The van der Waals surface area contributed by atoms with Crippen molar-refractivity contribution in [1.29, 1.82) is 0 Å². The van der Waals surface area contributed by atoms with Gasteiger partial charge in [-0.2, -0.15) is 0 Å². The lowest BCUT2D eigenvalue weighted by atomic mass is 9.83. The van der Waals surface area contributed by atoms with Crippen LogP contribution in [0.5, 0.6) is 5.75 Å². The van der Waals surface area contributed by atoms with Crippen LogP contribution >= 0.6 is 23.4 Å². The van der Waals surface area contributed by atoms with Gasteiger partial charge in [0.25, 0.3) is 0 Å². The minimum atomic E-state index is -0.703. The molecule has 2 aromatic rings. The fourth-order valence-electron chi connectivity index (χ4n) is 3.43. The summed E-state index contributed by atoms with van der Waals surface area (Å²) in [4.78, 5) is 0.936. The third kappa shape index (κ3) is 2.59. The lowest BCUT2D eigenvalue weighted by molar-refractivity contribution is -0.0504. The summed E-state index contributed by atoms with van der Waals surface area (Å²) in [6.07, 6.45) is 1.16. The largest absolute Gasteiger partial charge is 0.487 e. The van der Waals surface area contributed by atoms with Crippen LogP contribution in [0.4, 0.5) is 8.78 Å². The maximum atomic E-state index is 14.7. The van der Waals surface area contributed by atoms with E-state index < -0.39 is 16.4 Å². The van der Waals surface area contributed by atoms with Crippen molar-refractivity contribution in [3.05, 3.63) is 58.6 Å². The molecular formula is C18H15ClF2O2S. The Hall–Kier alpha value is -1.30. The molecule has 24 heavy (non-hydrogen) atoms. The van der Waals surface area contributed by atoms with Gasteiger partial charge in [0.05, 0.1) is 10.3 Å². The molecule has 4 rings (SSSR count). The van der Waals surface area contributed by atoms with Crippen LogP contribution in [0.1, 0.15) is 18.4 Å². The Bertz CT molecular complexity index is 768. The van der Waals surface area contributed by atoms with Crippen LogP contribution in [0.2, 0.25) is 5.02 Å². The molecule has 0 aliphatic carbocycles. The maximum absolute atomic E-state index is 14.7. The van der Waals surface area contributed by atoms with Gasteiger partial charge in [0, 0.05) is 16.5 Å². The average Bonchev–Trinajstić information content (AvgIpc) is 2.59. The Morgan fingerprint density at radius 1 is 1.08 bits per heavy atom. The average molecular weight is 369 g/mol. The SMILES string of the molecule is Fc1ccc(F)c2c1OC[C@H]1OCCC[C@@]21Sc1ccc(Cl)cc1. The number of halogens is 3. The summed E-state index contributed by atoms with van der Waals surface area (Å²) in [6, 6.07) is 9.64. The van der Waals surface area contributed by atoms with Gasteiger partial charge in [-0.3, -0.25) is 0 Å². The van der Waals surface area contributed by atoms with E-state index in [1.165, 1.54) is 17.8 Å². The van der Waals surface area contributed by atoms with E-state index in [1.807, 2.05) is 12.1 Å². The van der Waals surface area contributed by atoms with Gasteiger partial charge < -0.3 is 9.47 Å². The number of fused-ring (bicyclic) bond motifs is 3. The Morgan fingerprint density at radius 2 is 1.83 bits per heavy atom. The van der Waals surface area contributed by atoms with Gasteiger partial charge in [-0.1, -0.05) is 11.6 Å². The van der Waals surface area contributed by atoms with E-state index in [2.05, 4.69) is 0 Å². The van der Waals surface area contributed by atoms with E-state index in [4.69, 9.17) is 21.1 Å².